The standard InChI is InChI=1S/C15H22N4O2/c1-2-3-13-12(14(20)8-16)6-7-17-15(21)5-4-11-9-19(13)10-18-11/h2-3,9-10,12-13H,4-8,16H2,1H3,(H,17,21)/b3-2+. The van der Waals surface area contributed by atoms with Gasteiger partial charge in [0.2, 0.25) is 5.91 Å². The van der Waals surface area contributed by atoms with E-state index < -0.39 is 0 Å². The maximum atomic E-state index is 12.2. The number of nitrogens with zero attached hydrogens (tertiary/aromatic N) is 2. The molecular weight excluding hydrogens is 268 g/mol. The summed E-state index contributed by atoms with van der Waals surface area (Å²) in [5.41, 5.74) is 6.41. The molecule has 21 heavy (non-hydrogen) atoms. The summed E-state index contributed by atoms with van der Waals surface area (Å²) in [7, 11) is 0. The number of carbonyl (C=O) groups excluding carboxylic acids is 2. The van der Waals surface area contributed by atoms with E-state index in [9.17, 15) is 9.59 Å². The van der Waals surface area contributed by atoms with E-state index in [1.54, 1.807) is 6.33 Å². The number of imidazole rings is 1. The first kappa shape index (κ1) is 15.4. The lowest BCUT2D eigenvalue weighted by Crippen LogP contribution is -2.34. The Kier molecular flexibility index (Phi) is 5.27. The average Bonchev–Trinajstić information content (AvgIpc) is 2.94. The number of carbonyl (C=O) groups is 2. The summed E-state index contributed by atoms with van der Waals surface area (Å²) in [6, 6.07) is -0.109. The number of nitrogens with two attached hydrogens (primary N) is 1. The smallest absolute Gasteiger partial charge is 0.220 e. The van der Waals surface area contributed by atoms with E-state index in [1.807, 2.05) is 29.8 Å². The van der Waals surface area contributed by atoms with Crippen LogP contribution in [0.25, 0.3) is 0 Å². The Hall–Kier alpha value is -1.95. The van der Waals surface area contributed by atoms with Crippen molar-refractivity contribution in [2.24, 2.45) is 11.7 Å². The fraction of sp³-hybridized carbons (Fsp3) is 0.533. The highest BCUT2D eigenvalue weighted by molar-refractivity contribution is 5.83. The molecule has 114 valence electrons. The lowest BCUT2D eigenvalue weighted by molar-refractivity contribution is -0.124. The van der Waals surface area contributed by atoms with Gasteiger partial charge in [-0.05, 0) is 19.8 Å². The third-order valence-electron chi connectivity index (χ3n) is 3.80. The number of aromatic nitrogens is 2. The predicted molar refractivity (Wildman–Crippen MR) is 79.6 cm³/mol. The maximum Gasteiger partial charge on any atom is 0.220 e. The molecule has 2 heterocycles. The summed E-state index contributed by atoms with van der Waals surface area (Å²) >= 11 is 0. The van der Waals surface area contributed by atoms with Gasteiger partial charge < -0.3 is 15.6 Å². The van der Waals surface area contributed by atoms with Crippen molar-refractivity contribution in [1.29, 1.82) is 0 Å². The summed E-state index contributed by atoms with van der Waals surface area (Å²) in [5, 5.41) is 2.86. The minimum absolute atomic E-state index is 0.00171. The third kappa shape index (κ3) is 3.78. The Labute approximate surface area is 124 Å². The van der Waals surface area contributed by atoms with E-state index in [-0.39, 0.29) is 30.2 Å². The van der Waals surface area contributed by atoms with Crippen LogP contribution in [0.4, 0.5) is 0 Å². The minimum Gasteiger partial charge on any atom is -0.356 e. The molecule has 3 N–H and O–H groups in total. The molecule has 1 aliphatic heterocycles. The molecule has 1 aromatic rings. The van der Waals surface area contributed by atoms with Gasteiger partial charge in [0.25, 0.3) is 0 Å². The number of hydrogen-bond acceptors (Lipinski definition) is 4. The van der Waals surface area contributed by atoms with Crippen LogP contribution in [0.1, 0.15) is 31.5 Å². The van der Waals surface area contributed by atoms with Gasteiger partial charge in [-0.15, -0.1) is 0 Å². The molecule has 0 fully saturated rings. The highest BCUT2D eigenvalue weighted by Gasteiger charge is 2.27. The van der Waals surface area contributed by atoms with Gasteiger partial charge in [0.05, 0.1) is 24.6 Å². The zero-order valence-corrected chi connectivity index (χ0v) is 12.3. The highest BCUT2D eigenvalue weighted by atomic mass is 16.1. The number of rotatable bonds is 3. The second kappa shape index (κ2) is 7.17. The topological polar surface area (TPSA) is 90.0 Å². The third-order valence-corrected chi connectivity index (χ3v) is 3.80. The second-order valence-corrected chi connectivity index (χ2v) is 5.24. The molecule has 2 bridgehead atoms. The van der Waals surface area contributed by atoms with Gasteiger partial charge in [0.1, 0.15) is 0 Å². The number of aryl methyl sites for hydroxylation is 1. The molecule has 2 unspecified atom stereocenters. The number of hydrogen-bond donors (Lipinski definition) is 2. The van der Waals surface area contributed by atoms with Gasteiger partial charge in [0, 0.05) is 25.1 Å². The molecule has 1 aromatic heterocycles. The molecule has 2 rings (SSSR count). The quantitative estimate of drug-likeness (QED) is 0.798. The van der Waals surface area contributed by atoms with E-state index in [1.165, 1.54) is 0 Å². The lowest BCUT2D eigenvalue weighted by atomic mass is 9.90. The predicted octanol–water partition coefficient (Wildman–Crippen LogP) is 0.597. The number of amides is 1. The summed E-state index contributed by atoms with van der Waals surface area (Å²) in [4.78, 5) is 28.2. The molecule has 0 aromatic carbocycles. The largest absolute Gasteiger partial charge is 0.356 e. The molecule has 1 amide bonds. The first-order valence-electron chi connectivity index (χ1n) is 7.30. The van der Waals surface area contributed by atoms with Crippen LogP contribution in [-0.2, 0) is 16.0 Å². The Morgan fingerprint density at radius 3 is 3.10 bits per heavy atom. The molecule has 2 atom stereocenters. The lowest BCUT2D eigenvalue weighted by Gasteiger charge is -2.24. The number of fused-ring (bicyclic) bond motifs is 2. The molecule has 6 heteroatoms. The van der Waals surface area contributed by atoms with Gasteiger partial charge in [-0.2, -0.15) is 0 Å². The zero-order valence-electron chi connectivity index (χ0n) is 12.3. The van der Waals surface area contributed by atoms with Crippen LogP contribution in [0, 0.1) is 5.92 Å². The molecule has 6 nitrogen and oxygen atoms in total. The van der Waals surface area contributed by atoms with Gasteiger partial charge in [0.15, 0.2) is 5.78 Å². The van der Waals surface area contributed by atoms with E-state index in [2.05, 4.69) is 10.3 Å². The average molecular weight is 290 g/mol. The van der Waals surface area contributed by atoms with E-state index >= 15 is 0 Å². The molecule has 0 saturated carbocycles. The van der Waals surface area contributed by atoms with Crippen molar-refractivity contribution in [2.75, 3.05) is 13.1 Å². The summed E-state index contributed by atoms with van der Waals surface area (Å²) < 4.78 is 1.95. The molecule has 1 aliphatic rings. The Bertz CT molecular complexity index is 536. The van der Waals surface area contributed by atoms with Crippen LogP contribution in [0.15, 0.2) is 24.7 Å². The first-order chi connectivity index (χ1) is 10.2. The molecule has 0 aliphatic carbocycles. The van der Waals surface area contributed by atoms with E-state index in [0.29, 0.717) is 25.8 Å². The Balaban J connectivity index is 2.35. The van der Waals surface area contributed by atoms with E-state index in [0.717, 1.165) is 5.69 Å². The van der Waals surface area contributed by atoms with Crippen molar-refractivity contribution in [2.45, 2.75) is 32.2 Å². The van der Waals surface area contributed by atoms with Crippen molar-refractivity contribution in [3.63, 3.8) is 0 Å². The van der Waals surface area contributed by atoms with Gasteiger partial charge in [-0.25, -0.2) is 4.98 Å². The van der Waals surface area contributed by atoms with Crippen molar-refractivity contribution in [1.82, 2.24) is 14.9 Å². The minimum atomic E-state index is -0.258. The van der Waals surface area contributed by atoms with Crippen LogP contribution in [0.2, 0.25) is 0 Å². The van der Waals surface area contributed by atoms with Crippen molar-refractivity contribution in [3.05, 3.63) is 30.4 Å². The van der Waals surface area contributed by atoms with Crippen molar-refractivity contribution < 1.29 is 9.59 Å². The fourth-order valence-corrected chi connectivity index (χ4v) is 2.68. The second-order valence-electron chi connectivity index (χ2n) is 5.24. The number of allylic oxidation sites excluding steroid dienone is 2. The molecular formula is C15H22N4O2. The Morgan fingerprint density at radius 1 is 1.57 bits per heavy atom. The van der Waals surface area contributed by atoms with Crippen molar-refractivity contribution >= 4 is 11.7 Å². The van der Waals surface area contributed by atoms with Crippen LogP contribution in [0.5, 0.6) is 0 Å². The van der Waals surface area contributed by atoms with Crippen LogP contribution >= 0.6 is 0 Å². The summed E-state index contributed by atoms with van der Waals surface area (Å²) in [6.45, 7) is 2.42. The van der Waals surface area contributed by atoms with Crippen LogP contribution in [-0.4, -0.2) is 34.3 Å². The SMILES string of the molecule is C/C=C/C1C(C(=O)CN)CCNC(=O)CCc2cn1cn2. The summed E-state index contributed by atoms with van der Waals surface area (Å²) in [6.07, 6.45) is 9.17. The number of ketones is 1. The molecule has 0 spiro atoms. The number of nitrogens with one attached hydrogen (secondary N) is 1. The van der Waals surface area contributed by atoms with E-state index in [4.69, 9.17) is 5.73 Å². The maximum absolute atomic E-state index is 12.2. The fourth-order valence-electron chi connectivity index (χ4n) is 2.68. The number of Topliss-reactive ketones (excluding diaryl/α,β-unsaturated/α-hetero) is 1. The van der Waals surface area contributed by atoms with Crippen LogP contribution in [0.3, 0.4) is 0 Å². The van der Waals surface area contributed by atoms with Crippen molar-refractivity contribution in [3.8, 4) is 0 Å². The van der Waals surface area contributed by atoms with Gasteiger partial charge >= 0.3 is 0 Å². The molecule has 0 radical (unpaired) electrons. The zero-order chi connectivity index (χ0) is 15.2. The van der Waals surface area contributed by atoms with Gasteiger partial charge in [-0.1, -0.05) is 12.2 Å². The highest BCUT2D eigenvalue weighted by Crippen LogP contribution is 2.25. The monoisotopic (exact) mass is 290 g/mol. The van der Waals surface area contributed by atoms with Gasteiger partial charge in [-0.3, -0.25) is 9.59 Å². The molecule has 0 saturated heterocycles. The summed E-state index contributed by atoms with van der Waals surface area (Å²) in [5.74, 6) is -0.263. The Morgan fingerprint density at radius 2 is 2.38 bits per heavy atom. The first-order valence-corrected chi connectivity index (χ1v) is 7.30. The van der Waals surface area contributed by atoms with Crippen LogP contribution < -0.4 is 11.1 Å². The normalized spacial score (nSPS) is 23.6.